The summed E-state index contributed by atoms with van der Waals surface area (Å²) in [6, 6.07) is 7.60. The fourth-order valence-corrected chi connectivity index (χ4v) is 6.40. The van der Waals surface area contributed by atoms with Gasteiger partial charge in [0.1, 0.15) is 17.0 Å². The molecule has 1 amide bonds. The molecule has 0 bridgehead atoms. The maximum Gasteiger partial charge on any atom is 0.281 e. The van der Waals surface area contributed by atoms with E-state index in [-0.39, 0.29) is 34.2 Å². The molecule has 4 aromatic rings. The van der Waals surface area contributed by atoms with E-state index in [1.165, 1.54) is 18.0 Å². The summed E-state index contributed by atoms with van der Waals surface area (Å²) in [7, 11) is 2.07. The van der Waals surface area contributed by atoms with Crippen LogP contribution in [0.5, 0.6) is 0 Å². The number of pyridine rings is 2. The molecular formula is C29H29F2N5O3. The Labute approximate surface area is 223 Å². The number of carbonyl (C=O) groups is 1. The number of hydrogen-bond acceptors (Lipinski definition) is 7. The van der Waals surface area contributed by atoms with Crippen molar-refractivity contribution in [2.45, 2.75) is 38.0 Å². The average molecular weight is 534 g/mol. The lowest BCUT2D eigenvalue weighted by atomic mass is 9.91. The molecule has 1 aromatic carbocycles. The van der Waals surface area contributed by atoms with Crippen molar-refractivity contribution in [3.05, 3.63) is 47.9 Å². The number of halogens is 2. The van der Waals surface area contributed by atoms with Crippen LogP contribution in [-0.4, -0.2) is 59.1 Å². The zero-order valence-electron chi connectivity index (χ0n) is 21.6. The van der Waals surface area contributed by atoms with E-state index in [2.05, 4.69) is 27.2 Å². The molecule has 2 saturated heterocycles. The lowest BCUT2D eigenvalue weighted by molar-refractivity contribution is -0.118. The molecule has 3 aromatic heterocycles. The van der Waals surface area contributed by atoms with Gasteiger partial charge in [0, 0.05) is 48.8 Å². The summed E-state index contributed by atoms with van der Waals surface area (Å²) in [6.45, 7) is 3.39. The van der Waals surface area contributed by atoms with Crippen molar-refractivity contribution in [1.29, 1.82) is 0 Å². The van der Waals surface area contributed by atoms with Crippen LogP contribution in [0.4, 0.5) is 14.6 Å². The molecule has 202 valence electrons. The number of aromatic nitrogens is 3. The minimum atomic E-state index is -2.78. The lowest BCUT2D eigenvalue weighted by Crippen LogP contribution is -2.21. The van der Waals surface area contributed by atoms with Gasteiger partial charge in [0.25, 0.3) is 6.43 Å². The highest BCUT2D eigenvalue weighted by molar-refractivity contribution is 6.00. The van der Waals surface area contributed by atoms with E-state index in [0.29, 0.717) is 33.8 Å². The van der Waals surface area contributed by atoms with Crippen molar-refractivity contribution in [2.75, 3.05) is 38.7 Å². The molecule has 1 spiro atoms. The largest absolute Gasteiger partial charge is 0.436 e. The molecule has 10 heteroatoms. The van der Waals surface area contributed by atoms with Crippen molar-refractivity contribution < 1.29 is 22.7 Å². The molecule has 3 fully saturated rings. The highest BCUT2D eigenvalue weighted by Crippen LogP contribution is 2.58. The Bertz CT molecular complexity index is 1580. The predicted molar refractivity (Wildman–Crippen MR) is 142 cm³/mol. The number of carbonyl (C=O) groups excluding carboxylic acids is 1. The number of amides is 1. The fourth-order valence-electron chi connectivity index (χ4n) is 6.40. The molecule has 5 heterocycles. The third-order valence-electron chi connectivity index (χ3n) is 8.68. The molecule has 1 saturated carbocycles. The second-order valence-electron chi connectivity index (χ2n) is 11.2. The van der Waals surface area contributed by atoms with Gasteiger partial charge in [-0.1, -0.05) is 6.07 Å². The number of benzene rings is 1. The van der Waals surface area contributed by atoms with Crippen LogP contribution in [0, 0.1) is 11.3 Å². The Morgan fingerprint density at radius 1 is 1.15 bits per heavy atom. The van der Waals surface area contributed by atoms with E-state index < -0.39 is 6.43 Å². The van der Waals surface area contributed by atoms with Gasteiger partial charge in [0.2, 0.25) is 11.8 Å². The van der Waals surface area contributed by atoms with E-state index in [4.69, 9.17) is 14.1 Å². The Balaban J connectivity index is 1.23. The molecule has 3 aliphatic rings. The smallest absolute Gasteiger partial charge is 0.281 e. The van der Waals surface area contributed by atoms with Crippen molar-refractivity contribution in [3.8, 4) is 11.5 Å². The van der Waals surface area contributed by atoms with Crippen molar-refractivity contribution >= 4 is 33.6 Å². The Kier molecular flexibility index (Phi) is 5.85. The quantitative estimate of drug-likeness (QED) is 0.360. The first-order valence-corrected chi connectivity index (χ1v) is 13.4. The molecule has 7 rings (SSSR count). The van der Waals surface area contributed by atoms with Crippen LogP contribution >= 0.6 is 0 Å². The second kappa shape index (κ2) is 9.31. The minimum absolute atomic E-state index is 0.0509. The predicted octanol–water partition coefficient (Wildman–Crippen LogP) is 5.55. The SMILES string of the molecule is CN1CC[C@]2(C[C@@H]2C(=O)Nc2cc3c(-c4nc5cc(C6CCOCC6)ccc5o4)cnc(C(F)F)c3cn2)C1. The third-order valence-corrected chi connectivity index (χ3v) is 8.68. The summed E-state index contributed by atoms with van der Waals surface area (Å²) in [6.07, 6.45) is 3.72. The number of likely N-dealkylation sites (tertiary alicyclic amines) is 1. The maximum absolute atomic E-state index is 13.8. The number of anilines is 1. The van der Waals surface area contributed by atoms with Crippen LogP contribution in [0.1, 0.15) is 49.3 Å². The zero-order valence-corrected chi connectivity index (χ0v) is 21.6. The molecule has 0 radical (unpaired) electrons. The van der Waals surface area contributed by atoms with Gasteiger partial charge in [-0.3, -0.25) is 9.78 Å². The van der Waals surface area contributed by atoms with E-state index in [9.17, 15) is 13.6 Å². The fraction of sp³-hybridized carbons (Fsp3) is 0.448. The van der Waals surface area contributed by atoms with Crippen molar-refractivity contribution in [3.63, 3.8) is 0 Å². The average Bonchev–Trinajstić information content (AvgIpc) is 3.27. The van der Waals surface area contributed by atoms with Crippen molar-refractivity contribution in [2.24, 2.45) is 11.3 Å². The number of rotatable bonds is 5. The molecule has 2 aliphatic heterocycles. The number of oxazole rings is 1. The minimum Gasteiger partial charge on any atom is -0.436 e. The number of nitrogens with one attached hydrogen (secondary N) is 1. The Morgan fingerprint density at radius 3 is 2.77 bits per heavy atom. The molecule has 1 aliphatic carbocycles. The van der Waals surface area contributed by atoms with Crippen LogP contribution < -0.4 is 5.32 Å². The molecule has 39 heavy (non-hydrogen) atoms. The van der Waals surface area contributed by atoms with Gasteiger partial charge in [0.15, 0.2) is 5.58 Å². The normalized spacial score (nSPS) is 23.8. The molecule has 1 N–H and O–H groups in total. The summed E-state index contributed by atoms with van der Waals surface area (Å²) >= 11 is 0. The summed E-state index contributed by atoms with van der Waals surface area (Å²) in [5.41, 5.74) is 2.64. The number of nitrogens with zero attached hydrogens (tertiary/aromatic N) is 4. The first-order valence-electron chi connectivity index (χ1n) is 13.4. The summed E-state index contributed by atoms with van der Waals surface area (Å²) in [4.78, 5) is 28.3. The highest BCUT2D eigenvalue weighted by Gasteiger charge is 2.60. The van der Waals surface area contributed by atoms with Crippen LogP contribution in [-0.2, 0) is 9.53 Å². The van der Waals surface area contributed by atoms with Gasteiger partial charge in [-0.15, -0.1) is 0 Å². The van der Waals surface area contributed by atoms with Crippen LogP contribution in [0.15, 0.2) is 41.1 Å². The number of hydrogen-bond donors (Lipinski definition) is 1. The lowest BCUT2D eigenvalue weighted by Gasteiger charge is -2.22. The standard InChI is InChI=1S/C29H29F2N5O3/c1-36-7-6-29(15-36)12-21(29)27(37)35-24-11-18-19(13-32-24)25(26(30)31)33-14-20(18)28-34-22-10-17(2-3-23(22)39-28)16-4-8-38-9-5-16/h2-3,10-11,13-14,16,21,26H,4-9,12,15H2,1H3,(H,32,35,37)/t21-,29+/m1/s1. The highest BCUT2D eigenvalue weighted by atomic mass is 19.3. The Morgan fingerprint density at radius 2 is 2.00 bits per heavy atom. The maximum atomic E-state index is 13.8. The molecule has 8 nitrogen and oxygen atoms in total. The molecule has 0 unspecified atom stereocenters. The van der Waals surface area contributed by atoms with Crippen LogP contribution in [0.3, 0.4) is 0 Å². The molecule has 2 atom stereocenters. The van der Waals surface area contributed by atoms with Gasteiger partial charge < -0.3 is 19.4 Å². The van der Waals surface area contributed by atoms with Gasteiger partial charge in [-0.25, -0.2) is 18.7 Å². The van der Waals surface area contributed by atoms with Gasteiger partial charge in [0.05, 0.1) is 5.56 Å². The summed E-state index contributed by atoms with van der Waals surface area (Å²) in [5.74, 6) is 0.862. The zero-order chi connectivity index (χ0) is 26.7. The summed E-state index contributed by atoms with van der Waals surface area (Å²) < 4.78 is 39.2. The summed E-state index contributed by atoms with van der Waals surface area (Å²) in [5, 5.41) is 3.57. The van der Waals surface area contributed by atoms with E-state index in [1.54, 1.807) is 6.07 Å². The number of fused-ring (bicyclic) bond motifs is 2. The van der Waals surface area contributed by atoms with Gasteiger partial charge >= 0.3 is 0 Å². The monoisotopic (exact) mass is 533 g/mol. The first-order chi connectivity index (χ1) is 18.9. The van der Waals surface area contributed by atoms with E-state index >= 15 is 0 Å². The van der Waals surface area contributed by atoms with E-state index in [1.807, 2.05) is 18.2 Å². The third kappa shape index (κ3) is 4.35. The van der Waals surface area contributed by atoms with Crippen molar-refractivity contribution in [1.82, 2.24) is 19.9 Å². The van der Waals surface area contributed by atoms with E-state index in [0.717, 1.165) is 52.0 Å². The van der Waals surface area contributed by atoms with Gasteiger partial charge in [-0.2, -0.15) is 0 Å². The van der Waals surface area contributed by atoms with Crippen LogP contribution in [0.25, 0.3) is 33.3 Å². The second-order valence-corrected chi connectivity index (χ2v) is 11.2. The van der Waals surface area contributed by atoms with Gasteiger partial charge in [-0.05, 0) is 74.4 Å². The number of ether oxygens (including phenoxy) is 1. The number of alkyl halides is 2. The Hall–Kier alpha value is -3.50. The first kappa shape index (κ1) is 24.5. The molecular weight excluding hydrogens is 504 g/mol. The topological polar surface area (TPSA) is 93.4 Å². The van der Waals surface area contributed by atoms with Crippen LogP contribution in [0.2, 0.25) is 0 Å².